The molecule has 152 valence electrons. The van der Waals surface area contributed by atoms with Crippen LogP contribution in [-0.2, 0) is 4.79 Å². The second-order valence-corrected chi connectivity index (χ2v) is 7.78. The molecule has 0 saturated carbocycles. The van der Waals surface area contributed by atoms with E-state index in [2.05, 4.69) is 14.7 Å². The van der Waals surface area contributed by atoms with Crippen LogP contribution in [0.5, 0.6) is 0 Å². The highest BCUT2D eigenvalue weighted by molar-refractivity contribution is 7.95. The molecule has 1 aromatic carbocycles. The number of hydrogen-bond acceptors (Lipinski definition) is 6. The number of Topliss-reactive ketones (excluding diaryl/α,β-unsaturated/α-hetero) is 1. The third kappa shape index (κ3) is 3.64. The van der Waals surface area contributed by atoms with Gasteiger partial charge in [-0.05, 0) is 41.5 Å². The van der Waals surface area contributed by atoms with E-state index in [1.165, 1.54) is 12.1 Å². The van der Waals surface area contributed by atoms with Crippen molar-refractivity contribution in [1.82, 2.24) is 19.0 Å². The van der Waals surface area contributed by atoms with E-state index in [0.717, 1.165) is 33.8 Å². The van der Waals surface area contributed by atoms with Crippen LogP contribution in [0.3, 0.4) is 0 Å². The first kappa shape index (κ1) is 19.0. The lowest BCUT2D eigenvalue weighted by Gasteiger charge is -2.16. The quantitative estimate of drug-likeness (QED) is 0.317. The number of aliphatic carboxylic acids is 1. The van der Waals surface area contributed by atoms with Gasteiger partial charge in [0.2, 0.25) is 0 Å². The van der Waals surface area contributed by atoms with E-state index in [9.17, 15) is 9.59 Å². The largest absolute Gasteiger partial charge is 0.478 e. The van der Waals surface area contributed by atoms with Crippen molar-refractivity contribution in [2.45, 2.75) is 0 Å². The van der Waals surface area contributed by atoms with E-state index < -0.39 is 5.97 Å². The summed E-state index contributed by atoms with van der Waals surface area (Å²) in [5, 5.41) is 9.58. The maximum Gasteiger partial charge on any atom is 0.328 e. The predicted molar refractivity (Wildman–Crippen MR) is 120 cm³/mol. The fraction of sp³-hybridized carbons (Fsp3) is 0. The average molecular weight is 428 g/mol. The Morgan fingerprint density at radius 1 is 1.19 bits per heavy atom. The number of hydrogen-bond donors (Lipinski definition) is 3. The molecule has 0 radical (unpaired) electrons. The van der Waals surface area contributed by atoms with Gasteiger partial charge in [0.05, 0.1) is 17.8 Å². The van der Waals surface area contributed by atoms with E-state index in [4.69, 9.17) is 5.11 Å². The van der Waals surface area contributed by atoms with Gasteiger partial charge in [0.25, 0.3) is 0 Å². The minimum atomic E-state index is -0.999. The Balaban J connectivity index is 1.51. The monoisotopic (exact) mass is 428 g/mol. The first-order valence-electron chi connectivity index (χ1n) is 9.43. The van der Waals surface area contributed by atoms with Crippen LogP contribution >= 0.6 is 12.1 Å². The second kappa shape index (κ2) is 7.66. The topological polar surface area (TPSA) is 98.3 Å². The van der Waals surface area contributed by atoms with E-state index >= 15 is 0 Å². The van der Waals surface area contributed by atoms with Gasteiger partial charge in [0.15, 0.2) is 5.78 Å². The van der Waals surface area contributed by atoms with Crippen molar-refractivity contribution in [3.05, 3.63) is 95.8 Å². The number of carboxylic acids is 1. The minimum Gasteiger partial charge on any atom is -0.478 e. The number of benzene rings is 1. The summed E-state index contributed by atoms with van der Waals surface area (Å²) < 4.78 is 5.00. The normalized spacial score (nSPS) is 15.0. The van der Waals surface area contributed by atoms with Crippen LogP contribution in [0.2, 0.25) is 0 Å². The fourth-order valence-corrected chi connectivity index (χ4v) is 4.09. The van der Waals surface area contributed by atoms with Crippen LogP contribution in [0.4, 0.5) is 0 Å². The Morgan fingerprint density at radius 2 is 2.10 bits per heavy atom. The van der Waals surface area contributed by atoms with Crippen molar-refractivity contribution in [2.75, 3.05) is 0 Å². The lowest BCUT2D eigenvalue weighted by atomic mass is 9.99. The summed E-state index contributed by atoms with van der Waals surface area (Å²) >= 11 is 1.44. The second-order valence-electron chi connectivity index (χ2n) is 6.97. The average Bonchev–Trinajstić information content (AvgIpc) is 3.43. The maximum atomic E-state index is 13.2. The lowest BCUT2D eigenvalue weighted by molar-refractivity contribution is -0.131. The van der Waals surface area contributed by atoms with Crippen LogP contribution in [0.25, 0.3) is 28.2 Å². The molecule has 0 aliphatic carbocycles. The Kier molecular flexibility index (Phi) is 4.68. The number of carboxylic acid groups (broad SMARTS) is 1. The Bertz CT molecular complexity index is 1350. The van der Waals surface area contributed by atoms with Gasteiger partial charge in [-0.1, -0.05) is 18.2 Å². The molecular formula is C23H16N4O3S. The Labute approximate surface area is 181 Å². The highest BCUT2D eigenvalue weighted by atomic mass is 32.2. The van der Waals surface area contributed by atoms with E-state index in [1.807, 2.05) is 53.1 Å². The summed E-state index contributed by atoms with van der Waals surface area (Å²) in [5.74, 6) is -1.09. The van der Waals surface area contributed by atoms with Crippen LogP contribution < -0.4 is 4.72 Å². The van der Waals surface area contributed by atoms with E-state index in [1.54, 1.807) is 24.5 Å². The fourth-order valence-electron chi connectivity index (χ4n) is 3.47. The number of aromatic amines is 1. The molecule has 5 rings (SSSR count). The smallest absolute Gasteiger partial charge is 0.328 e. The van der Waals surface area contributed by atoms with Crippen molar-refractivity contribution in [3.8, 4) is 11.1 Å². The Morgan fingerprint density at radius 3 is 2.97 bits per heavy atom. The van der Waals surface area contributed by atoms with E-state index in [0.29, 0.717) is 16.8 Å². The number of nitrogens with one attached hydrogen (secondary N) is 2. The number of aromatic nitrogens is 2. The van der Waals surface area contributed by atoms with Gasteiger partial charge in [-0.25, -0.2) is 9.78 Å². The van der Waals surface area contributed by atoms with Crippen molar-refractivity contribution in [2.24, 2.45) is 0 Å². The SMILES string of the molecule is O=C(O)/C=C/c1cccc(-c2cnc3[nH]cc(C(=O)C4=CC5=CNSN5C=C4)c3c2)c1. The molecule has 0 fully saturated rings. The predicted octanol–water partition coefficient (Wildman–Crippen LogP) is 4.27. The third-order valence-electron chi connectivity index (χ3n) is 4.98. The molecule has 0 saturated heterocycles. The summed E-state index contributed by atoms with van der Waals surface area (Å²) in [7, 11) is 0. The number of H-pyrrole nitrogens is 1. The third-order valence-corrected chi connectivity index (χ3v) is 5.73. The maximum absolute atomic E-state index is 13.2. The molecule has 7 nitrogen and oxygen atoms in total. The summed E-state index contributed by atoms with van der Waals surface area (Å²) in [6, 6.07) is 9.42. The molecule has 3 N–H and O–H groups in total. The first-order chi connectivity index (χ1) is 15.1. The van der Waals surface area contributed by atoms with Gasteiger partial charge in [0.1, 0.15) is 5.65 Å². The summed E-state index contributed by atoms with van der Waals surface area (Å²) in [4.78, 5) is 31.5. The van der Waals surface area contributed by atoms with Gasteiger partial charge in [-0.3, -0.25) is 9.10 Å². The van der Waals surface area contributed by atoms with Crippen molar-refractivity contribution < 1.29 is 14.7 Å². The molecule has 0 spiro atoms. The zero-order chi connectivity index (χ0) is 21.4. The van der Waals surface area contributed by atoms with Gasteiger partial charge in [0, 0.05) is 53.0 Å². The zero-order valence-corrected chi connectivity index (χ0v) is 16.9. The molecule has 31 heavy (non-hydrogen) atoms. The molecule has 2 aliphatic heterocycles. The van der Waals surface area contributed by atoms with E-state index in [-0.39, 0.29) is 5.78 Å². The van der Waals surface area contributed by atoms with Crippen molar-refractivity contribution in [3.63, 3.8) is 0 Å². The number of fused-ring (bicyclic) bond motifs is 2. The number of carbonyl (C=O) groups excluding carboxylic acids is 1. The molecule has 4 heterocycles. The number of nitrogens with zero attached hydrogens (tertiary/aromatic N) is 2. The molecule has 2 aromatic heterocycles. The lowest BCUT2D eigenvalue weighted by Crippen LogP contribution is -2.10. The first-order valence-corrected chi connectivity index (χ1v) is 10.2. The van der Waals surface area contributed by atoms with Crippen LogP contribution in [0.1, 0.15) is 15.9 Å². The molecule has 0 bridgehead atoms. The zero-order valence-electron chi connectivity index (χ0n) is 16.1. The number of pyridine rings is 1. The minimum absolute atomic E-state index is 0.0861. The molecule has 3 aromatic rings. The van der Waals surface area contributed by atoms with Crippen LogP contribution in [-0.4, -0.2) is 31.1 Å². The summed E-state index contributed by atoms with van der Waals surface area (Å²) in [6.45, 7) is 0. The standard InChI is InChI=1S/C23H16N4O3S/c28-21(29)5-4-14-2-1-3-15(8-14)17-10-19-20(13-25-23(19)24-11-17)22(30)16-6-7-27-18(9-16)12-26-31-27/h1-13,26H,(H,24,25)(H,28,29)/b5-4+. The summed E-state index contributed by atoms with van der Waals surface area (Å²) in [6.07, 6.45) is 13.4. The highest BCUT2D eigenvalue weighted by Gasteiger charge is 2.22. The summed E-state index contributed by atoms with van der Waals surface area (Å²) in [5.41, 5.74) is 5.19. The molecule has 0 unspecified atom stereocenters. The number of rotatable bonds is 5. The highest BCUT2D eigenvalue weighted by Crippen LogP contribution is 2.31. The van der Waals surface area contributed by atoms with Crippen LogP contribution in [0, 0.1) is 0 Å². The van der Waals surface area contributed by atoms with Gasteiger partial charge in [-0.15, -0.1) is 0 Å². The number of carbonyl (C=O) groups is 2. The van der Waals surface area contributed by atoms with Gasteiger partial charge >= 0.3 is 5.97 Å². The van der Waals surface area contributed by atoms with Gasteiger partial charge in [-0.2, -0.15) is 0 Å². The molecular weight excluding hydrogens is 412 g/mol. The molecule has 0 atom stereocenters. The molecule has 0 amide bonds. The Hall–Kier alpha value is -4.04. The molecule has 8 heteroatoms. The molecule has 2 aliphatic rings. The van der Waals surface area contributed by atoms with Gasteiger partial charge < -0.3 is 14.8 Å². The van der Waals surface area contributed by atoms with Crippen molar-refractivity contribution in [1.29, 1.82) is 0 Å². The number of ketones is 1. The van der Waals surface area contributed by atoms with Crippen molar-refractivity contribution >= 4 is 41.0 Å². The number of allylic oxidation sites excluding steroid dienone is 3. The van der Waals surface area contributed by atoms with Crippen LogP contribution in [0.15, 0.2) is 84.6 Å².